The van der Waals surface area contributed by atoms with Crippen LogP contribution in [0.4, 0.5) is 0 Å². The Morgan fingerprint density at radius 3 is 2.22 bits per heavy atom. The predicted octanol–water partition coefficient (Wildman–Crippen LogP) is 1.45. The zero-order valence-corrected chi connectivity index (χ0v) is 12.2. The van der Waals surface area contributed by atoms with E-state index in [1.54, 1.807) is 0 Å². The van der Waals surface area contributed by atoms with Gasteiger partial charge in [-0.15, -0.1) is 0 Å². The summed E-state index contributed by atoms with van der Waals surface area (Å²) in [6.07, 6.45) is 5.07. The molecule has 1 heterocycles. The maximum absolute atomic E-state index is 12.1. The van der Waals surface area contributed by atoms with Crippen molar-refractivity contribution >= 4 is 5.91 Å². The van der Waals surface area contributed by atoms with Gasteiger partial charge in [-0.05, 0) is 40.3 Å². The fraction of sp³-hybridized carbons (Fsp3) is 0.929. The molecule has 1 aliphatic rings. The molecule has 106 valence electrons. The van der Waals surface area contributed by atoms with Crippen LogP contribution in [0.15, 0.2) is 0 Å². The highest BCUT2D eigenvalue weighted by atomic mass is 16.2. The summed E-state index contributed by atoms with van der Waals surface area (Å²) in [4.78, 5) is 16.5. The van der Waals surface area contributed by atoms with E-state index in [1.165, 1.54) is 0 Å². The molecule has 2 N–H and O–H groups in total. The second kappa shape index (κ2) is 7.74. The molecule has 1 amide bonds. The molecule has 0 aromatic heterocycles. The third kappa shape index (κ3) is 4.58. The van der Waals surface area contributed by atoms with Crippen LogP contribution in [0.3, 0.4) is 0 Å². The Balaban J connectivity index is 2.25. The van der Waals surface area contributed by atoms with Crippen LogP contribution in [-0.4, -0.2) is 54.5 Å². The van der Waals surface area contributed by atoms with Crippen LogP contribution in [-0.2, 0) is 4.79 Å². The van der Waals surface area contributed by atoms with Gasteiger partial charge in [0.1, 0.15) is 0 Å². The molecule has 0 spiro atoms. The molecular weight excluding hydrogens is 226 g/mol. The topological polar surface area (TPSA) is 49.6 Å². The lowest BCUT2D eigenvalue weighted by Gasteiger charge is -2.42. The number of hydrogen-bond donors (Lipinski definition) is 1. The van der Waals surface area contributed by atoms with E-state index in [9.17, 15) is 4.79 Å². The summed E-state index contributed by atoms with van der Waals surface area (Å²) in [5, 5.41) is 0. The number of unbranched alkanes of at least 4 members (excludes halogenated alkanes) is 3. The fourth-order valence-corrected chi connectivity index (χ4v) is 2.54. The van der Waals surface area contributed by atoms with Crippen molar-refractivity contribution in [1.29, 1.82) is 0 Å². The van der Waals surface area contributed by atoms with E-state index < -0.39 is 0 Å². The third-order valence-electron chi connectivity index (χ3n) is 4.06. The Morgan fingerprint density at radius 2 is 1.67 bits per heavy atom. The van der Waals surface area contributed by atoms with Crippen molar-refractivity contribution in [3.05, 3.63) is 0 Å². The highest BCUT2D eigenvalue weighted by Gasteiger charge is 2.28. The van der Waals surface area contributed by atoms with Crippen molar-refractivity contribution in [2.75, 3.05) is 26.7 Å². The predicted molar refractivity (Wildman–Crippen MR) is 75.4 cm³/mol. The largest absolute Gasteiger partial charge is 0.340 e. The van der Waals surface area contributed by atoms with Crippen LogP contribution < -0.4 is 5.73 Å². The number of piperazine rings is 1. The number of carbonyl (C=O) groups is 1. The normalized spacial score (nSPS) is 25.4. The Labute approximate surface area is 111 Å². The summed E-state index contributed by atoms with van der Waals surface area (Å²) < 4.78 is 0. The van der Waals surface area contributed by atoms with Crippen molar-refractivity contribution in [3.8, 4) is 0 Å². The first kappa shape index (κ1) is 15.4. The quantitative estimate of drug-likeness (QED) is 0.731. The smallest absolute Gasteiger partial charge is 0.222 e. The second-order valence-electron chi connectivity index (χ2n) is 5.62. The monoisotopic (exact) mass is 255 g/mol. The van der Waals surface area contributed by atoms with Crippen LogP contribution in [0.25, 0.3) is 0 Å². The maximum Gasteiger partial charge on any atom is 0.222 e. The van der Waals surface area contributed by atoms with E-state index in [0.29, 0.717) is 24.4 Å². The first-order valence-corrected chi connectivity index (χ1v) is 7.26. The molecular formula is C14H29N3O. The number of nitrogens with two attached hydrogens (primary N) is 1. The van der Waals surface area contributed by atoms with Gasteiger partial charge in [0.2, 0.25) is 5.91 Å². The van der Waals surface area contributed by atoms with Crippen LogP contribution in [0.1, 0.15) is 46.0 Å². The number of hydrogen-bond acceptors (Lipinski definition) is 3. The Morgan fingerprint density at radius 1 is 1.11 bits per heavy atom. The van der Waals surface area contributed by atoms with Crippen LogP contribution in [0, 0.1) is 0 Å². The minimum absolute atomic E-state index is 0.328. The average molecular weight is 255 g/mol. The average Bonchev–Trinajstić information content (AvgIpc) is 2.34. The van der Waals surface area contributed by atoms with E-state index in [0.717, 1.165) is 45.3 Å². The van der Waals surface area contributed by atoms with Crippen molar-refractivity contribution in [3.63, 3.8) is 0 Å². The highest BCUT2D eigenvalue weighted by Crippen LogP contribution is 2.15. The van der Waals surface area contributed by atoms with Crippen LogP contribution in [0.2, 0.25) is 0 Å². The molecule has 1 rings (SSSR count). The van der Waals surface area contributed by atoms with Gasteiger partial charge in [0.25, 0.3) is 0 Å². The third-order valence-corrected chi connectivity index (χ3v) is 4.06. The minimum atomic E-state index is 0.328. The van der Waals surface area contributed by atoms with Gasteiger partial charge in [0, 0.05) is 31.6 Å². The van der Waals surface area contributed by atoms with Gasteiger partial charge >= 0.3 is 0 Å². The Bertz CT molecular complexity index is 245. The molecule has 0 saturated carbocycles. The van der Waals surface area contributed by atoms with Gasteiger partial charge in [0.05, 0.1) is 0 Å². The van der Waals surface area contributed by atoms with Crippen LogP contribution in [0.5, 0.6) is 0 Å². The SMILES string of the molecule is CC1CN(C(=O)CCCCCCN)CC(C)N1C. The van der Waals surface area contributed by atoms with Gasteiger partial charge in [0.15, 0.2) is 0 Å². The number of amides is 1. The minimum Gasteiger partial charge on any atom is -0.340 e. The molecule has 18 heavy (non-hydrogen) atoms. The molecule has 0 aromatic rings. The van der Waals surface area contributed by atoms with Crippen molar-refractivity contribution in [2.24, 2.45) is 5.73 Å². The fourth-order valence-electron chi connectivity index (χ4n) is 2.54. The van der Waals surface area contributed by atoms with Gasteiger partial charge in [-0.2, -0.15) is 0 Å². The lowest BCUT2D eigenvalue weighted by Crippen LogP contribution is -2.56. The van der Waals surface area contributed by atoms with Crippen LogP contribution >= 0.6 is 0 Å². The van der Waals surface area contributed by atoms with Gasteiger partial charge < -0.3 is 10.6 Å². The first-order valence-electron chi connectivity index (χ1n) is 7.26. The lowest BCUT2D eigenvalue weighted by molar-refractivity contribution is -0.135. The number of likely N-dealkylation sites (N-methyl/N-ethyl adjacent to an activating group) is 1. The van der Waals surface area contributed by atoms with E-state index >= 15 is 0 Å². The maximum atomic E-state index is 12.1. The summed E-state index contributed by atoms with van der Waals surface area (Å²) in [7, 11) is 2.14. The molecule has 1 fully saturated rings. The van der Waals surface area contributed by atoms with E-state index in [-0.39, 0.29) is 0 Å². The molecule has 2 atom stereocenters. The van der Waals surface area contributed by atoms with Crippen molar-refractivity contribution in [2.45, 2.75) is 58.0 Å². The molecule has 0 bridgehead atoms. The molecule has 1 aliphatic heterocycles. The van der Waals surface area contributed by atoms with Gasteiger partial charge in [-0.25, -0.2) is 0 Å². The number of carbonyl (C=O) groups excluding carboxylic acids is 1. The van der Waals surface area contributed by atoms with E-state index in [4.69, 9.17) is 5.73 Å². The van der Waals surface area contributed by atoms with E-state index in [2.05, 4.69) is 25.8 Å². The Hall–Kier alpha value is -0.610. The molecule has 2 unspecified atom stereocenters. The summed E-state index contributed by atoms with van der Waals surface area (Å²) >= 11 is 0. The zero-order chi connectivity index (χ0) is 13.5. The summed E-state index contributed by atoms with van der Waals surface area (Å²) in [6, 6.07) is 0.935. The summed E-state index contributed by atoms with van der Waals surface area (Å²) in [6.45, 7) is 6.90. The Kier molecular flexibility index (Phi) is 6.65. The highest BCUT2D eigenvalue weighted by molar-refractivity contribution is 5.76. The summed E-state index contributed by atoms with van der Waals surface area (Å²) in [5.41, 5.74) is 5.45. The second-order valence-corrected chi connectivity index (χ2v) is 5.62. The number of rotatable bonds is 6. The number of nitrogens with zero attached hydrogens (tertiary/aromatic N) is 2. The van der Waals surface area contributed by atoms with E-state index in [1.807, 2.05) is 4.90 Å². The molecule has 4 nitrogen and oxygen atoms in total. The van der Waals surface area contributed by atoms with Gasteiger partial charge in [-0.1, -0.05) is 12.8 Å². The molecule has 0 radical (unpaired) electrons. The lowest BCUT2D eigenvalue weighted by atomic mass is 10.1. The first-order chi connectivity index (χ1) is 8.56. The van der Waals surface area contributed by atoms with Crippen molar-refractivity contribution < 1.29 is 4.79 Å². The molecule has 0 aromatic carbocycles. The summed E-state index contributed by atoms with van der Waals surface area (Å²) in [5.74, 6) is 0.328. The standard InChI is InChI=1S/C14H29N3O/c1-12-10-17(11-13(2)16(12)3)14(18)8-6-4-5-7-9-15/h12-13H,4-11,15H2,1-3H3. The van der Waals surface area contributed by atoms with Crippen molar-refractivity contribution in [1.82, 2.24) is 9.80 Å². The zero-order valence-electron chi connectivity index (χ0n) is 12.2. The van der Waals surface area contributed by atoms with Gasteiger partial charge in [-0.3, -0.25) is 9.69 Å². The molecule has 4 heteroatoms. The molecule has 1 saturated heterocycles. The molecule has 0 aliphatic carbocycles.